The van der Waals surface area contributed by atoms with Crippen molar-refractivity contribution in [3.05, 3.63) is 16.3 Å². The van der Waals surface area contributed by atoms with Gasteiger partial charge in [-0.2, -0.15) is 4.31 Å². The van der Waals surface area contributed by atoms with E-state index >= 15 is 0 Å². The summed E-state index contributed by atoms with van der Waals surface area (Å²) in [5.41, 5.74) is 0. The van der Waals surface area contributed by atoms with Crippen LogP contribution in [0.4, 0.5) is 0 Å². The Labute approximate surface area is 148 Å². The van der Waals surface area contributed by atoms with Crippen molar-refractivity contribution in [1.82, 2.24) is 9.62 Å². The molecule has 1 saturated carbocycles. The highest BCUT2D eigenvalue weighted by Crippen LogP contribution is 2.27. The molecule has 0 bridgehead atoms. The van der Waals surface area contributed by atoms with Crippen molar-refractivity contribution in [3.63, 3.8) is 0 Å². The van der Waals surface area contributed by atoms with Crippen molar-refractivity contribution in [2.24, 2.45) is 5.92 Å². The summed E-state index contributed by atoms with van der Waals surface area (Å²) >= 11 is 1.22. The zero-order valence-electron chi connectivity index (χ0n) is 14.2. The van der Waals surface area contributed by atoms with Crippen LogP contribution in [0, 0.1) is 5.92 Å². The number of piperidine rings is 1. The number of sulfonamides is 1. The number of nitrogens with zero attached hydrogens (tertiary/aromatic N) is 1. The van der Waals surface area contributed by atoms with Crippen LogP contribution in [0.15, 0.2) is 16.3 Å². The largest absolute Gasteiger partial charge is 0.349 e. The number of carbonyl (C=O) groups is 1. The molecule has 1 N–H and O–H groups in total. The molecule has 1 aromatic rings. The smallest absolute Gasteiger partial charge is 0.261 e. The van der Waals surface area contributed by atoms with Gasteiger partial charge in [0, 0.05) is 24.5 Å². The van der Waals surface area contributed by atoms with Gasteiger partial charge in [-0.05, 0) is 37.7 Å². The summed E-state index contributed by atoms with van der Waals surface area (Å²) in [7, 11) is -3.48. The minimum Gasteiger partial charge on any atom is -0.349 e. The highest BCUT2D eigenvalue weighted by Gasteiger charge is 2.30. The van der Waals surface area contributed by atoms with Crippen LogP contribution in [0.25, 0.3) is 0 Å². The molecule has 0 unspecified atom stereocenters. The molecular weight excluding hydrogens is 344 g/mol. The van der Waals surface area contributed by atoms with Gasteiger partial charge < -0.3 is 5.32 Å². The molecule has 1 saturated heterocycles. The van der Waals surface area contributed by atoms with Crippen molar-refractivity contribution in [2.45, 2.75) is 62.8 Å². The monoisotopic (exact) mass is 370 g/mol. The summed E-state index contributed by atoms with van der Waals surface area (Å²) in [5.74, 6) is 0.251. The molecule has 134 valence electrons. The van der Waals surface area contributed by atoms with Crippen LogP contribution in [0.3, 0.4) is 0 Å². The number of nitrogens with one attached hydrogen (secondary N) is 1. The third kappa shape index (κ3) is 4.00. The molecule has 5 nitrogen and oxygen atoms in total. The first kappa shape index (κ1) is 17.9. The fourth-order valence-electron chi connectivity index (χ4n) is 3.59. The first-order chi connectivity index (χ1) is 11.5. The maximum absolute atomic E-state index is 12.8. The highest BCUT2D eigenvalue weighted by molar-refractivity contribution is 7.89. The van der Waals surface area contributed by atoms with Gasteiger partial charge in [0.05, 0.1) is 9.77 Å². The Morgan fingerprint density at radius 2 is 1.96 bits per heavy atom. The van der Waals surface area contributed by atoms with Crippen LogP contribution < -0.4 is 5.32 Å². The van der Waals surface area contributed by atoms with Crippen molar-refractivity contribution >= 4 is 27.3 Å². The van der Waals surface area contributed by atoms with Gasteiger partial charge in [-0.3, -0.25) is 4.79 Å². The average molecular weight is 371 g/mol. The molecule has 2 fully saturated rings. The third-order valence-corrected chi connectivity index (χ3v) is 7.92. The van der Waals surface area contributed by atoms with Crippen molar-refractivity contribution < 1.29 is 13.2 Å². The average Bonchev–Trinajstić information content (AvgIpc) is 3.07. The SMILES string of the molecule is C[C@H]1CCCN(S(=O)(=O)c2csc(C(=O)NC3CCCCC3)c2)C1. The molecule has 0 aromatic carbocycles. The standard InChI is InChI=1S/C17H26N2O3S2/c1-13-6-5-9-19(11-13)24(21,22)15-10-16(23-12-15)17(20)18-14-7-3-2-4-8-14/h10,12-14H,2-9,11H2,1H3,(H,18,20)/t13-/m0/s1. The van der Waals surface area contributed by atoms with Gasteiger partial charge in [0.15, 0.2) is 0 Å². The molecule has 2 aliphatic rings. The predicted molar refractivity (Wildman–Crippen MR) is 95.8 cm³/mol. The van der Waals surface area contributed by atoms with Gasteiger partial charge in [0.1, 0.15) is 0 Å². The van der Waals surface area contributed by atoms with Gasteiger partial charge in [0.2, 0.25) is 10.0 Å². The van der Waals surface area contributed by atoms with E-state index in [-0.39, 0.29) is 16.8 Å². The summed E-state index contributed by atoms with van der Waals surface area (Å²) in [6.07, 6.45) is 7.57. The lowest BCUT2D eigenvalue weighted by Gasteiger charge is -2.29. The summed E-state index contributed by atoms with van der Waals surface area (Å²) in [5, 5.41) is 4.65. The first-order valence-electron chi connectivity index (χ1n) is 8.86. The second kappa shape index (κ2) is 7.54. The number of rotatable bonds is 4. The van der Waals surface area contributed by atoms with Crippen molar-refractivity contribution in [3.8, 4) is 0 Å². The number of carbonyl (C=O) groups excluding carboxylic acids is 1. The van der Waals surface area contributed by atoms with E-state index in [1.165, 1.54) is 23.8 Å². The Balaban J connectivity index is 1.68. The lowest BCUT2D eigenvalue weighted by atomic mass is 9.95. The van der Waals surface area contributed by atoms with E-state index in [0.717, 1.165) is 38.5 Å². The van der Waals surface area contributed by atoms with E-state index in [4.69, 9.17) is 0 Å². The van der Waals surface area contributed by atoms with Crippen LogP contribution in [0.1, 0.15) is 61.5 Å². The second-order valence-corrected chi connectivity index (χ2v) is 9.91. The van der Waals surface area contributed by atoms with Gasteiger partial charge in [-0.15, -0.1) is 11.3 Å². The molecule has 1 atom stereocenters. The van der Waals surface area contributed by atoms with Crippen LogP contribution in [-0.4, -0.2) is 37.8 Å². The van der Waals surface area contributed by atoms with Gasteiger partial charge in [-0.1, -0.05) is 26.2 Å². The zero-order chi connectivity index (χ0) is 17.2. The third-order valence-electron chi connectivity index (χ3n) is 5.00. The molecule has 0 spiro atoms. The van der Waals surface area contributed by atoms with Crippen LogP contribution in [-0.2, 0) is 10.0 Å². The number of amides is 1. The molecule has 3 rings (SSSR count). The second-order valence-electron chi connectivity index (χ2n) is 7.07. The lowest BCUT2D eigenvalue weighted by molar-refractivity contribution is 0.0931. The topological polar surface area (TPSA) is 66.5 Å². The van der Waals surface area contributed by atoms with E-state index in [1.54, 1.807) is 9.69 Å². The Hall–Kier alpha value is -0.920. The molecular formula is C17H26N2O3S2. The maximum Gasteiger partial charge on any atom is 0.261 e. The van der Waals surface area contributed by atoms with Crippen molar-refractivity contribution in [1.29, 1.82) is 0 Å². The molecule has 1 amide bonds. The fraction of sp³-hybridized carbons (Fsp3) is 0.706. The Bertz CT molecular complexity index is 678. The molecule has 24 heavy (non-hydrogen) atoms. The summed E-state index contributed by atoms with van der Waals surface area (Å²) in [6, 6.07) is 1.77. The van der Waals surface area contributed by atoms with Gasteiger partial charge in [0.25, 0.3) is 5.91 Å². The highest BCUT2D eigenvalue weighted by atomic mass is 32.2. The number of hydrogen-bond donors (Lipinski definition) is 1. The Kier molecular flexibility index (Phi) is 5.62. The summed E-state index contributed by atoms with van der Waals surface area (Å²) in [6.45, 7) is 3.23. The molecule has 7 heteroatoms. The minimum absolute atomic E-state index is 0.139. The quantitative estimate of drug-likeness (QED) is 0.885. The van der Waals surface area contributed by atoms with E-state index in [9.17, 15) is 13.2 Å². The van der Waals surface area contributed by atoms with Crippen molar-refractivity contribution in [2.75, 3.05) is 13.1 Å². The van der Waals surface area contributed by atoms with Crippen LogP contribution in [0.2, 0.25) is 0 Å². The fourth-order valence-corrected chi connectivity index (χ4v) is 6.35. The van der Waals surface area contributed by atoms with E-state index < -0.39 is 10.0 Å². The number of hydrogen-bond acceptors (Lipinski definition) is 4. The van der Waals surface area contributed by atoms with Crippen LogP contribution in [0.5, 0.6) is 0 Å². The predicted octanol–water partition coefficient (Wildman–Crippen LogP) is 3.23. The molecule has 1 aliphatic heterocycles. The van der Waals surface area contributed by atoms with Crippen LogP contribution >= 0.6 is 11.3 Å². The lowest BCUT2D eigenvalue weighted by Crippen LogP contribution is -2.39. The molecule has 0 radical (unpaired) electrons. The molecule has 1 aromatic heterocycles. The van der Waals surface area contributed by atoms with E-state index in [2.05, 4.69) is 12.2 Å². The summed E-state index contributed by atoms with van der Waals surface area (Å²) in [4.78, 5) is 13.1. The maximum atomic E-state index is 12.8. The zero-order valence-corrected chi connectivity index (χ0v) is 15.8. The van der Waals surface area contributed by atoms with E-state index in [1.807, 2.05) is 0 Å². The minimum atomic E-state index is -3.48. The Morgan fingerprint density at radius 3 is 2.67 bits per heavy atom. The van der Waals surface area contributed by atoms with E-state index in [0.29, 0.717) is 23.9 Å². The molecule has 2 heterocycles. The summed E-state index contributed by atoms with van der Waals surface area (Å²) < 4.78 is 27.1. The normalized spacial score (nSPS) is 24.0. The first-order valence-corrected chi connectivity index (χ1v) is 11.2. The molecule has 1 aliphatic carbocycles. The van der Waals surface area contributed by atoms with Gasteiger partial charge in [-0.25, -0.2) is 8.42 Å². The Morgan fingerprint density at radius 1 is 1.21 bits per heavy atom. The van der Waals surface area contributed by atoms with Gasteiger partial charge >= 0.3 is 0 Å². The number of thiophene rings is 1.